The van der Waals surface area contributed by atoms with Crippen LogP contribution in [0.3, 0.4) is 0 Å². The minimum atomic E-state index is -3.21. The van der Waals surface area contributed by atoms with E-state index in [2.05, 4.69) is 0 Å². The molecule has 154 valence electrons. The van der Waals surface area contributed by atoms with Crippen molar-refractivity contribution in [1.82, 2.24) is 0 Å². The van der Waals surface area contributed by atoms with Gasteiger partial charge in [0, 0.05) is 22.8 Å². The summed E-state index contributed by atoms with van der Waals surface area (Å²) in [6, 6.07) is 23.6. The average Bonchev–Trinajstić information content (AvgIpc) is 2.75. The molecule has 5 nitrogen and oxygen atoms in total. The van der Waals surface area contributed by atoms with Crippen LogP contribution in [-0.2, 0) is 18.9 Å². The quantitative estimate of drug-likeness (QED) is 0.209. The summed E-state index contributed by atoms with van der Waals surface area (Å²) in [6.45, 7) is 2.67. The van der Waals surface area contributed by atoms with E-state index in [1.165, 1.54) is 13.8 Å². The van der Waals surface area contributed by atoms with Gasteiger partial charge in [0.25, 0.3) is 0 Å². The molecule has 0 unspecified atom stereocenters. The number of halogens is 1. The fourth-order valence-electron chi connectivity index (χ4n) is 3.01. The number of hydrogen-bond donors (Lipinski definition) is 0. The molecule has 0 bridgehead atoms. The highest BCUT2D eigenvalue weighted by atomic mass is 127. The number of hydrogen-bond acceptors (Lipinski definition) is 5. The maximum absolute atomic E-state index is 14.5. The van der Waals surface area contributed by atoms with E-state index < -0.39 is 25.2 Å². The van der Waals surface area contributed by atoms with Gasteiger partial charge in [0.15, 0.2) is 13.2 Å². The molecule has 0 aliphatic heterocycles. The maximum Gasteiger partial charge on any atom is 0.352 e. The zero-order chi connectivity index (χ0) is 21.7. The number of esters is 2. The molecule has 0 saturated carbocycles. The fourth-order valence-corrected chi connectivity index (χ4v) is 7.22. The van der Waals surface area contributed by atoms with Crippen LogP contribution < -0.4 is 20.7 Å². The summed E-state index contributed by atoms with van der Waals surface area (Å²) in [7, 11) is -3.21. The summed E-state index contributed by atoms with van der Waals surface area (Å²) in [5.41, 5.74) is 0. The number of benzene rings is 3. The van der Waals surface area contributed by atoms with Crippen molar-refractivity contribution in [2.75, 3.05) is 0 Å². The van der Waals surface area contributed by atoms with Gasteiger partial charge in [-0.15, -0.1) is 0 Å². The number of carbonyl (C=O) groups excluding carboxylic acids is 2. The van der Waals surface area contributed by atoms with Crippen molar-refractivity contribution < 1.29 is 23.6 Å². The molecular formula is C23H20IO5P. The molecule has 30 heavy (non-hydrogen) atoms. The molecule has 3 rings (SSSR count). The zero-order valence-electron chi connectivity index (χ0n) is 16.4. The minimum Gasteiger partial charge on any atom is -0.451 e. The van der Waals surface area contributed by atoms with Crippen molar-refractivity contribution in [1.29, 1.82) is 0 Å². The molecule has 0 spiro atoms. The van der Waals surface area contributed by atoms with Crippen LogP contribution >= 0.6 is 29.7 Å². The molecule has 3 aromatic carbocycles. The SMILES string of the molecule is CC(=O)O[C@@H](C)C(=O)Oc1cccc(P(=O)(c2ccccc2)c2ccccc2)c1I. The van der Waals surface area contributed by atoms with Gasteiger partial charge < -0.3 is 14.0 Å². The lowest BCUT2D eigenvalue weighted by Crippen LogP contribution is -2.30. The van der Waals surface area contributed by atoms with E-state index >= 15 is 0 Å². The third-order valence-electron chi connectivity index (χ3n) is 4.41. The van der Waals surface area contributed by atoms with E-state index in [0.29, 0.717) is 19.5 Å². The van der Waals surface area contributed by atoms with Crippen LogP contribution in [0.5, 0.6) is 5.75 Å². The highest BCUT2D eigenvalue weighted by Gasteiger charge is 2.33. The minimum absolute atomic E-state index is 0.268. The first kappa shape index (κ1) is 22.2. The monoisotopic (exact) mass is 534 g/mol. The van der Waals surface area contributed by atoms with Crippen LogP contribution in [0, 0.1) is 3.57 Å². The molecule has 3 aromatic rings. The van der Waals surface area contributed by atoms with Gasteiger partial charge in [-0.3, -0.25) is 4.79 Å². The smallest absolute Gasteiger partial charge is 0.352 e. The maximum atomic E-state index is 14.5. The van der Waals surface area contributed by atoms with Crippen LogP contribution in [0.15, 0.2) is 78.9 Å². The lowest BCUT2D eigenvalue weighted by atomic mass is 10.3. The lowest BCUT2D eigenvalue weighted by Gasteiger charge is -2.22. The number of rotatable bonds is 6. The normalized spacial score (nSPS) is 12.1. The summed E-state index contributed by atoms with van der Waals surface area (Å²) < 4.78 is 25.5. The molecule has 7 heteroatoms. The predicted octanol–water partition coefficient (Wildman–Crippen LogP) is 3.79. The van der Waals surface area contributed by atoms with Crippen molar-refractivity contribution in [2.24, 2.45) is 0 Å². The Morgan fingerprint density at radius 1 is 0.867 bits per heavy atom. The van der Waals surface area contributed by atoms with Crippen molar-refractivity contribution in [2.45, 2.75) is 20.0 Å². The summed E-state index contributed by atoms with van der Waals surface area (Å²) in [5, 5.41) is 1.95. The molecule has 1 atom stereocenters. The van der Waals surface area contributed by atoms with Gasteiger partial charge in [-0.05, 0) is 41.6 Å². The first-order chi connectivity index (χ1) is 14.3. The Morgan fingerprint density at radius 3 is 1.90 bits per heavy atom. The van der Waals surface area contributed by atoms with E-state index in [4.69, 9.17) is 9.47 Å². The van der Waals surface area contributed by atoms with Gasteiger partial charge in [0.2, 0.25) is 0 Å². The molecule has 0 radical (unpaired) electrons. The largest absolute Gasteiger partial charge is 0.451 e. The Morgan fingerprint density at radius 2 is 1.40 bits per heavy atom. The van der Waals surface area contributed by atoms with Gasteiger partial charge in [0.1, 0.15) is 5.75 Å². The van der Waals surface area contributed by atoms with E-state index in [-0.39, 0.29) is 5.75 Å². The molecular weight excluding hydrogens is 514 g/mol. The zero-order valence-corrected chi connectivity index (χ0v) is 19.5. The Bertz CT molecular complexity index is 1060. The number of ether oxygens (including phenoxy) is 2. The van der Waals surface area contributed by atoms with Crippen LogP contribution in [0.1, 0.15) is 13.8 Å². The van der Waals surface area contributed by atoms with Crippen LogP contribution in [0.4, 0.5) is 0 Å². The van der Waals surface area contributed by atoms with E-state index in [1.54, 1.807) is 18.2 Å². The molecule has 0 aliphatic rings. The van der Waals surface area contributed by atoms with Crippen LogP contribution in [0.25, 0.3) is 0 Å². The highest BCUT2D eigenvalue weighted by Crippen LogP contribution is 2.44. The van der Waals surface area contributed by atoms with Gasteiger partial charge in [-0.25, -0.2) is 4.79 Å². The standard InChI is InChI=1S/C23H20IO5P/c1-16(28-17(2)25)23(26)29-20-14-9-15-21(22(20)24)30(27,18-10-5-3-6-11-18)19-12-7-4-8-13-19/h3-16H,1-2H3/t16-/m0/s1. The second kappa shape index (κ2) is 9.58. The van der Waals surface area contributed by atoms with Crippen LogP contribution in [-0.4, -0.2) is 18.0 Å². The fraction of sp³-hybridized carbons (Fsp3) is 0.130. The van der Waals surface area contributed by atoms with Crippen molar-refractivity contribution >= 4 is 57.6 Å². The molecule has 0 amide bonds. The summed E-state index contributed by atoms with van der Waals surface area (Å²) >= 11 is 2.04. The van der Waals surface area contributed by atoms with Crippen LogP contribution in [0.2, 0.25) is 0 Å². The second-order valence-electron chi connectivity index (χ2n) is 6.54. The Kier molecular flexibility index (Phi) is 7.10. The predicted molar refractivity (Wildman–Crippen MR) is 125 cm³/mol. The first-order valence-electron chi connectivity index (χ1n) is 9.23. The van der Waals surface area contributed by atoms with Gasteiger partial charge in [-0.2, -0.15) is 0 Å². The van der Waals surface area contributed by atoms with E-state index in [0.717, 1.165) is 0 Å². The Hall–Kier alpha value is -2.44. The third kappa shape index (κ3) is 4.65. The molecule has 0 fully saturated rings. The van der Waals surface area contributed by atoms with E-state index in [1.807, 2.05) is 83.3 Å². The summed E-state index contributed by atoms with van der Waals surface area (Å²) in [5.74, 6) is -1.00. The van der Waals surface area contributed by atoms with Gasteiger partial charge >= 0.3 is 11.9 Å². The van der Waals surface area contributed by atoms with Crippen molar-refractivity contribution in [3.8, 4) is 5.75 Å². The molecule has 0 N–H and O–H groups in total. The van der Waals surface area contributed by atoms with E-state index in [9.17, 15) is 14.2 Å². The lowest BCUT2D eigenvalue weighted by molar-refractivity contribution is -0.159. The molecule has 0 saturated heterocycles. The Balaban J connectivity index is 2.09. The number of carbonyl (C=O) groups is 2. The molecule has 0 aromatic heterocycles. The third-order valence-corrected chi connectivity index (χ3v) is 9.05. The molecule has 0 aliphatic carbocycles. The average molecular weight is 534 g/mol. The topological polar surface area (TPSA) is 69.7 Å². The first-order valence-corrected chi connectivity index (χ1v) is 12.0. The van der Waals surface area contributed by atoms with Crippen molar-refractivity contribution in [3.05, 3.63) is 82.4 Å². The second-order valence-corrected chi connectivity index (χ2v) is 10.4. The van der Waals surface area contributed by atoms with Gasteiger partial charge in [0.05, 0.1) is 3.57 Å². The van der Waals surface area contributed by atoms with Crippen molar-refractivity contribution in [3.63, 3.8) is 0 Å². The summed E-state index contributed by atoms with van der Waals surface area (Å²) in [6.07, 6.45) is -1.04. The summed E-state index contributed by atoms with van der Waals surface area (Å²) in [4.78, 5) is 23.4. The van der Waals surface area contributed by atoms with Gasteiger partial charge in [-0.1, -0.05) is 66.7 Å². The highest BCUT2D eigenvalue weighted by molar-refractivity contribution is 14.1. The Labute approximate surface area is 188 Å². The molecule has 0 heterocycles.